The molecular weight excluding hydrogens is 522 g/mol. The highest BCUT2D eigenvalue weighted by atomic mass is 32.2. The molecule has 11 nitrogen and oxygen atoms in total. The number of benzene rings is 1. The predicted octanol–water partition coefficient (Wildman–Crippen LogP) is 4.02. The summed E-state index contributed by atoms with van der Waals surface area (Å²) in [6, 6.07) is 6.90. The van der Waals surface area contributed by atoms with Crippen molar-refractivity contribution in [3.63, 3.8) is 0 Å². The van der Waals surface area contributed by atoms with E-state index in [1.165, 1.54) is 6.26 Å². The number of hydrogen-bond acceptors (Lipinski definition) is 9. The maximum atomic E-state index is 12.9. The molecule has 4 heterocycles. The van der Waals surface area contributed by atoms with Crippen molar-refractivity contribution in [3.05, 3.63) is 35.7 Å². The number of nitrogens with one attached hydrogen (secondary N) is 2. The van der Waals surface area contributed by atoms with E-state index < -0.39 is 9.84 Å². The van der Waals surface area contributed by atoms with Crippen LogP contribution < -0.4 is 10.6 Å². The molecule has 0 bridgehead atoms. The number of carbonyl (C=O) groups excluding carboxylic acids is 1. The van der Waals surface area contributed by atoms with Gasteiger partial charge in [-0.3, -0.25) is 9.36 Å². The van der Waals surface area contributed by atoms with Crippen LogP contribution in [0.15, 0.2) is 29.2 Å². The molecule has 2 unspecified atom stereocenters. The molecule has 3 aromatic rings. The molecule has 208 valence electrons. The van der Waals surface area contributed by atoms with Gasteiger partial charge in [0.05, 0.1) is 36.1 Å². The zero-order valence-corrected chi connectivity index (χ0v) is 22.9. The molecule has 12 heteroatoms. The van der Waals surface area contributed by atoms with Crippen LogP contribution >= 0.6 is 0 Å². The fraction of sp³-hybridized carbons (Fsp3) is 0.519. The Morgan fingerprint density at radius 3 is 2.56 bits per heavy atom. The molecule has 0 radical (unpaired) electrons. The maximum absolute atomic E-state index is 12.9. The van der Waals surface area contributed by atoms with Gasteiger partial charge in [0.15, 0.2) is 15.5 Å². The molecule has 1 aromatic carbocycles. The number of aryl methyl sites for hydroxylation is 1. The van der Waals surface area contributed by atoms with Crippen LogP contribution in [0.5, 0.6) is 0 Å². The number of hydrogen-bond donors (Lipinski definition) is 2. The summed E-state index contributed by atoms with van der Waals surface area (Å²) in [5, 5.41) is 6.23. The number of pyridine rings is 1. The average molecular weight is 556 g/mol. The summed E-state index contributed by atoms with van der Waals surface area (Å²) in [4.78, 5) is 22.3. The monoisotopic (exact) mass is 555 g/mol. The zero-order valence-electron chi connectivity index (χ0n) is 22.1. The molecule has 2 atom stereocenters. The number of sulfone groups is 1. The van der Waals surface area contributed by atoms with Crippen LogP contribution in [0.3, 0.4) is 0 Å². The Bertz CT molecular complexity index is 1500. The Labute approximate surface area is 227 Å². The van der Waals surface area contributed by atoms with Crippen LogP contribution in [0, 0.1) is 12.8 Å². The predicted molar refractivity (Wildman–Crippen MR) is 145 cm³/mol. The lowest BCUT2D eigenvalue weighted by Gasteiger charge is -2.25. The van der Waals surface area contributed by atoms with Crippen LogP contribution in [-0.2, 0) is 28.8 Å². The highest BCUT2D eigenvalue weighted by molar-refractivity contribution is 7.90. The van der Waals surface area contributed by atoms with Crippen LogP contribution in [0.1, 0.15) is 55.8 Å². The number of aromatic nitrogens is 3. The first-order chi connectivity index (χ1) is 18.8. The molecule has 2 aromatic heterocycles. The smallest absolute Gasteiger partial charge is 0.228 e. The third-order valence-electron chi connectivity index (χ3n) is 7.33. The van der Waals surface area contributed by atoms with Crippen LogP contribution in [0.25, 0.3) is 11.2 Å². The fourth-order valence-corrected chi connectivity index (χ4v) is 6.02. The molecule has 0 spiro atoms. The van der Waals surface area contributed by atoms with E-state index in [2.05, 4.69) is 10.6 Å². The first-order valence-electron chi connectivity index (χ1n) is 13.4. The van der Waals surface area contributed by atoms with Crippen LogP contribution in [0.2, 0.25) is 0 Å². The van der Waals surface area contributed by atoms with Gasteiger partial charge in [-0.05, 0) is 56.7 Å². The largest absolute Gasteiger partial charge is 0.376 e. The van der Waals surface area contributed by atoms with Crippen LogP contribution in [-0.4, -0.2) is 61.5 Å². The Morgan fingerprint density at radius 1 is 1.03 bits per heavy atom. The van der Waals surface area contributed by atoms with Crippen molar-refractivity contribution >= 4 is 44.1 Å². The Morgan fingerprint density at radius 2 is 1.87 bits per heavy atom. The van der Waals surface area contributed by atoms with E-state index in [4.69, 9.17) is 24.2 Å². The Hall–Kier alpha value is -3.06. The molecule has 2 N–H and O–H groups in total. The summed E-state index contributed by atoms with van der Waals surface area (Å²) in [5.74, 6) is 1.04. The molecule has 3 aliphatic rings. The van der Waals surface area contributed by atoms with E-state index >= 15 is 0 Å². The molecule has 3 fully saturated rings. The number of rotatable bonds is 7. The Kier molecular flexibility index (Phi) is 7.04. The normalized spacial score (nSPS) is 22.1. The van der Waals surface area contributed by atoms with Gasteiger partial charge in [-0.25, -0.2) is 18.4 Å². The van der Waals surface area contributed by atoms with E-state index in [9.17, 15) is 13.2 Å². The second kappa shape index (κ2) is 10.5. The molecule has 1 amide bonds. The van der Waals surface area contributed by atoms with E-state index in [1.807, 2.05) is 17.6 Å². The van der Waals surface area contributed by atoms with E-state index in [1.54, 1.807) is 18.2 Å². The van der Waals surface area contributed by atoms with Gasteiger partial charge >= 0.3 is 0 Å². The van der Waals surface area contributed by atoms with Crippen molar-refractivity contribution in [2.24, 2.45) is 5.92 Å². The number of anilines is 3. The molecule has 2 saturated heterocycles. The van der Waals surface area contributed by atoms with Gasteiger partial charge in [0.2, 0.25) is 5.91 Å². The summed E-state index contributed by atoms with van der Waals surface area (Å²) < 4.78 is 45.1. The maximum Gasteiger partial charge on any atom is 0.228 e. The second-order valence-electron chi connectivity index (χ2n) is 10.4. The lowest BCUT2D eigenvalue weighted by atomic mass is 10.1. The number of amides is 1. The molecule has 1 aliphatic carbocycles. The third kappa shape index (κ3) is 5.51. The first-order valence-corrected chi connectivity index (χ1v) is 15.3. The number of fused-ring (bicyclic) bond motifs is 1. The summed E-state index contributed by atoms with van der Waals surface area (Å²) >= 11 is 0. The minimum Gasteiger partial charge on any atom is -0.376 e. The number of nitrogens with zero attached hydrogens (tertiary/aromatic N) is 3. The molecule has 1 saturated carbocycles. The van der Waals surface area contributed by atoms with E-state index in [-0.39, 0.29) is 29.1 Å². The minimum absolute atomic E-state index is 0.00241. The van der Waals surface area contributed by atoms with Crippen molar-refractivity contribution in [1.82, 2.24) is 14.5 Å². The van der Waals surface area contributed by atoms with Crippen molar-refractivity contribution in [2.75, 3.05) is 43.3 Å². The molecule has 2 aliphatic heterocycles. The number of carbonyl (C=O) groups is 1. The van der Waals surface area contributed by atoms with Gasteiger partial charge in [-0.2, -0.15) is 0 Å². The molecule has 6 rings (SSSR count). The molecular formula is C27H33N5O6S. The van der Waals surface area contributed by atoms with Gasteiger partial charge in [0.1, 0.15) is 29.5 Å². The number of imidazole rings is 1. The zero-order chi connectivity index (χ0) is 27.1. The van der Waals surface area contributed by atoms with Gasteiger partial charge in [0, 0.05) is 24.8 Å². The van der Waals surface area contributed by atoms with Crippen molar-refractivity contribution in [2.45, 2.75) is 56.3 Å². The highest BCUT2D eigenvalue weighted by Gasteiger charge is 2.31. The Balaban J connectivity index is 1.43. The van der Waals surface area contributed by atoms with E-state index in [0.717, 1.165) is 43.5 Å². The third-order valence-corrected chi connectivity index (χ3v) is 8.47. The number of ether oxygens (including phenoxy) is 3. The van der Waals surface area contributed by atoms with Crippen molar-refractivity contribution in [3.8, 4) is 0 Å². The first kappa shape index (κ1) is 26.2. The quantitative estimate of drug-likeness (QED) is 0.443. The van der Waals surface area contributed by atoms with Crippen LogP contribution in [0.4, 0.5) is 17.2 Å². The standard InChI is InChI=1S/C27H33N5O6S/c1-16-28-25-20(29-19-9-8-18(13-22(19)39(2,34)35)21-15-36-11-12-37-21)14-23(31-27(33)17-6-7-17)30-26(25)32(16)24-5-3-4-10-38-24/h8-9,13-14,17,21,24H,3-7,10-12,15H2,1-2H3,(H2,29,30,31,33). The topological polar surface area (TPSA) is 134 Å². The summed E-state index contributed by atoms with van der Waals surface area (Å²) in [5.41, 5.74) is 2.80. The minimum atomic E-state index is -3.61. The highest BCUT2D eigenvalue weighted by Crippen LogP contribution is 2.37. The van der Waals surface area contributed by atoms with Gasteiger partial charge in [-0.1, -0.05) is 6.07 Å². The second-order valence-corrected chi connectivity index (χ2v) is 12.4. The van der Waals surface area contributed by atoms with Gasteiger partial charge in [-0.15, -0.1) is 0 Å². The lowest BCUT2D eigenvalue weighted by Crippen LogP contribution is -2.22. The SMILES string of the molecule is Cc1nc2c(Nc3ccc(C4COCCO4)cc3S(C)(=O)=O)cc(NC(=O)C3CC3)nc2n1C1CCCCO1. The summed E-state index contributed by atoms with van der Waals surface area (Å²) in [6.07, 6.45) is 5.25. The lowest BCUT2D eigenvalue weighted by molar-refractivity contribution is -0.117. The van der Waals surface area contributed by atoms with Crippen molar-refractivity contribution in [1.29, 1.82) is 0 Å². The van der Waals surface area contributed by atoms with Gasteiger partial charge in [0.25, 0.3) is 0 Å². The van der Waals surface area contributed by atoms with Crippen molar-refractivity contribution < 1.29 is 27.4 Å². The average Bonchev–Trinajstić information content (AvgIpc) is 3.72. The summed E-state index contributed by atoms with van der Waals surface area (Å²) in [7, 11) is -3.61. The summed E-state index contributed by atoms with van der Waals surface area (Å²) in [6.45, 7) is 3.90. The van der Waals surface area contributed by atoms with E-state index in [0.29, 0.717) is 54.8 Å². The fourth-order valence-electron chi connectivity index (χ4n) is 5.15. The molecule has 39 heavy (non-hydrogen) atoms. The van der Waals surface area contributed by atoms with Gasteiger partial charge < -0.3 is 24.8 Å².